The van der Waals surface area contributed by atoms with E-state index in [1.165, 1.54) is 0 Å². The number of β-lactam (4-membered cyclic amide) rings is 1. The van der Waals surface area contributed by atoms with Crippen molar-refractivity contribution in [1.82, 2.24) is 25.5 Å². The molecule has 1 aliphatic heterocycles. The van der Waals surface area contributed by atoms with Gasteiger partial charge in [0.15, 0.2) is 0 Å². The molecular formula is C18H31N5O2. The lowest BCUT2D eigenvalue weighted by Gasteiger charge is -2.39. The molecule has 1 aromatic heterocycles. The van der Waals surface area contributed by atoms with Crippen LogP contribution in [0.1, 0.15) is 70.5 Å². The van der Waals surface area contributed by atoms with E-state index < -0.39 is 0 Å². The van der Waals surface area contributed by atoms with E-state index in [1.807, 2.05) is 17.1 Å². The maximum absolute atomic E-state index is 11.8. The summed E-state index contributed by atoms with van der Waals surface area (Å²) in [6, 6.07) is 0.175. The van der Waals surface area contributed by atoms with Crippen molar-refractivity contribution in [3.63, 3.8) is 0 Å². The number of aliphatic hydroxyl groups is 1. The first-order valence-electron chi connectivity index (χ1n) is 9.59. The van der Waals surface area contributed by atoms with Crippen LogP contribution in [0.25, 0.3) is 0 Å². The lowest BCUT2D eigenvalue weighted by molar-refractivity contribution is -0.143. The van der Waals surface area contributed by atoms with E-state index in [0.29, 0.717) is 6.42 Å². The average molecular weight is 349 g/mol. The molecule has 1 amide bonds. The zero-order valence-electron chi connectivity index (χ0n) is 15.2. The second kappa shape index (κ2) is 11.0. The van der Waals surface area contributed by atoms with Gasteiger partial charge in [-0.3, -0.25) is 4.79 Å². The number of aromatic nitrogens is 4. The molecule has 0 aromatic carbocycles. The van der Waals surface area contributed by atoms with Crippen LogP contribution in [0.5, 0.6) is 0 Å². The van der Waals surface area contributed by atoms with Crippen LogP contribution in [0, 0.1) is 0 Å². The van der Waals surface area contributed by atoms with E-state index in [-0.39, 0.29) is 18.1 Å². The maximum Gasteiger partial charge on any atom is 0.225 e. The van der Waals surface area contributed by atoms with E-state index in [2.05, 4.69) is 27.5 Å². The van der Waals surface area contributed by atoms with E-state index in [9.17, 15) is 9.90 Å². The van der Waals surface area contributed by atoms with Crippen molar-refractivity contribution in [2.45, 2.75) is 83.3 Å². The zero-order chi connectivity index (χ0) is 17.9. The van der Waals surface area contributed by atoms with Crippen molar-refractivity contribution >= 4 is 5.91 Å². The predicted octanol–water partition coefficient (Wildman–Crippen LogP) is 2.40. The summed E-state index contributed by atoms with van der Waals surface area (Å²) >= 11 is 0. The summed E-state index contributed by atoms with van der Waals surface area (Å²) in [6.07, 6.45) is 13.4. The SMILES string of the molecule is CCCCCC(O)/C=C/C1CC(=O)N1CCCCCCc1nnn[nH]1. The van der Waals surface area contributed by atoms with Gasteiger partial charge in [-0.1, -0.05) is 51.2 Å². The molecule has 1 aliphatic rings. The number of unbranched alkanes of at least 4 members (excludes halogenated alkanes) is 5. The van der Waals surface area contributed by atoms with Crippen LogP contribution in [0.3, 0.4) is 0 Å². The van der Waals surface area contributed by atoms with Gasteiger partial charge in [0, 0.05) is 13.0 Å². The molecule has 0 aliphatic carbocycles. The second-order valence-electron chi connectivity index (χ2n) is 6.82. The van der Waals surface area contributed by atoms with Crippen LogP contribution in [-0.4, -0.2) is 55.2 Å². The number of H-pyrrole nitrogens is 1. The Labute approximate surface area is 149 Å². The number of aromatic amines is 1. The Morgan fingerprint density at radius 3 is 2.84 bits per heavy atom. The highest BCUT2D eigenvalue weighted by atomic mass is 16.3. The Morgan fingerprint density at radius 1 is 1.28 bits per heavy atom. The van der Waals surface area contributed by atoms with E-state index in [0.717, 1.165) is 70.2 Å². The molecule has 1 saturated heterocycles. The number of nitrogens with zero attached hydrogens (tertiary/aromatic N) is 4. The van der Waals surface area contributed by atoms with Gasteiger partial charge in [-0.05, 0) is 29.7 Å². The summed E-state index contributed by atoms with van der Waals surface area (Å²) in [5.41, 5.74) is 0. The summed E-state index contributed by atoms with van der Waals surface area (Å²) in [5.74, 6) is 1.06. The summed E-state index contributed by atoms with van der Waals surface area (Å²) < 4.78 is 0. The normalized spacial score (nSPS) is 18.7. The predicted molar refractivity (Wildman–Crippen MR) is 95.8 cm³/mol. The number of aryl methyl sites for hydroxylation is 1. The van der Waals surface area contributed by atoms with Gasteiger partial charge in [-0.15, -0.1) is 5.10 Å². The Kier molecular flexibility index (Phi) is 8.59. The van der Waals surface area contributed by atoms with Gasteiger partial charge < -0.3 is 10.0 Å². The monoisotopic (exact) mass is 349 g/mol. The molecule has 2 rings (SSSR count). The van der Waals surface area contributed by atoms with Crippen molar-refractivity contribution in [2.24, 2.45) is 0 Å². The molecule has 0 spiro atoms. The first-order chi connectivity index (χ1) is 12.2. The van der Waals surface area contributed by atoms with Gasteiger partial charge in [0.1, 0.15) is 5.82 Å². The van der Waals surface area contributed by atoms with Crippen LogP contribution in [0.15, 0.2) is 12.2 Å². The Hall–Kier alpha value is -1.76. The molecule has 0 saturated carbocycles. The number of likely N-dealkylation sites (tertiary alicyclic amines) is 1. The minimum atomic E-state index is -0.380. The van der Waals surface area contributed by atoms with Crippen molar-refractivity contribution < 1.29 is 9.90 Å². The summed E-state index contributed by atoms with van der Waals surface area (Å²) in [7, 11) is 0. The number of aliphatic hydroxyl groups excluding tert-OH is 1. The van der Waals surface area contributed by atoms with Crippen LogP contribution < -0.4 is 0 Å². The summed E-state index contributed by atoms with van der Waals surface area (Å²) in [5, 5.41) is 23.7. The van der Waals surface area contributed by atoms with Crippen LogP contribution >= 0.6 is 0 Å². The molecule has 2 N–H and O–H groups in total. The molecule has 140 valence electrons. The van der Waals surface area contributed by atoms with Crippen LogP contribution in [0.4, 0.5) is 0 Å². The molecule has 2 unspecified atom stereocenters. The van der Waals surface area contributed by atoms with Crippen molar-refractivity contribution in [3.05, 3.63) is 18.0 Å². The largest absolute Gasteiger partial charge is 0.389 e. The fourth-order valence-corrected chi connectivity index (χ4v) is 3.11. The highest BCUT2D eigenvalue weighted by Gasteiger charge is 2.33. The molecule has 0 radical (unpaired) electrons. The van der Waals surface area contributed by atoms with E-state index >= 15 is 0 Å². The first kappa shape index (κ1) is 19.6. The topological polar surface area (TPSA) is 95.0 Å². The first-order valence-corrected chi connectivity index (χ1v) is 9.59. The molecule has 2 atom stereocenters. The minimum Gasteiger partial charge on any atom is -0.389 e. The summed E-state index contributed by atoms with van der Waals surface area (Å²) in [4.78, 5) is 13.7. The number of nitrogens with one attached hydrogen (secondary N) is 1. The number of tetrazole rings is 1. The fraction of sp³-hybridized carbons (Fsp3) is 0.778. The molecular weight excluding hydrogens is 318 g/mol. The smallest absolute Gasteiger partial charge is 0.225 e. The Balaban J connectivity index is 1.56. The average Bonchev–Trinajstić information content (AvgIpc) is 3.11. The fourth-order valence-electron chi connectivity index (χ4n) is 3.11. The zero-order valence-corrected chi connectivity index (χ0v) is 15.2. The number of carbonyl (C=O) groups is 1. The number of amides is 1. The van der Waals surface area contributed by atoms with E-state index in [4.69, 9.17) is 0 Å². The number of rotatable bonds is 13. The molecule has 25 heavy (non-hydrogen) atoms. The lowest BCUT2D eigenvalue weighted by Crippen LogP contribution is -2.51. The minimum absolute atomic E-state index is 0.175. The highest BCUT2D eigenvalue weighted by Crippen LogP contribution is 2.22. The highest BCUT2D eigenvalue weighted by molar-refractivity contribution is 5.83. The van der Waals surface area contributed by atoms with Crippen molar-refractivity contribution in [3.8, 4) is 0 Å². The molecule has 1 aromatic rings. The van der Waals surface area contributed by atoms with Crippen LogP contribution in [0.2, 0.25) is 0 Å². The number of hydrogen-bond acceptors (Lipinski definition) is 5. The molecule has 0 bridgehead atoms. The summed E-state index contributed by atoms with van der Waals surface area (Å²) in [6.45, 7) is 2.97. The number of carbonyl (C=O) groups excluding carboxylic acids is 1. The van der Waals surface area contributed by atoms with Gasteiger partial charge in [0.05, 0.1) is 18.6 Å². The quantitative estimate of drug-likeness (QED) is 0.324. The second-order valence-corrected chi connectivity index (χ2v) is 6.82. The Bertz CT molecular complexity index is 518. The van der Waals surface area contributed by atoms with Gasteiger partial charge in [0.2, 0.25) is 5.91 Å². The third-order valence-corrected chi connectivity index (χ3v) is 4.72. The van der Waals surface area contributed by atoms with E-state index in [1.54, 1.807) is 0 Å². The van der Waals surface area contributed by atoms with Gasteiger partial charge >= 0.3 is 0 Å². The third-order valence-electron chi connectivity index (χ3n) is 4.72. The van der Waals surface area contributed by atoms with Gasteiger partial charge in [0.25, 0.3) is 0 Å². The molecule has 1 fully saturated rings. The van der Waals surface area contributed by atoms with Crippen molar-refractivity contribution in [1.29, 1.82) is 0 Å². The molecule has 7 nitrogen and oxygen atoms in total. The molecule has 7 heteroatoms. The van der Waals surface area contributed by atoms with Gasteiger partial charge in [-0.25, -0.2) is 5.10 Å². The molecule has 2 heterocycles. The Morgan fingerprint density at radius 2 is 2.12 bits per heavy atom. The standard InChI is InChI=1S/C18H31N5O2/c1-2-3-6-9-16(24)12-11-15-14-18(25)23(15)13-8-5-4-7-10-17-19-21-22-20-17/h11-12,15-16,24H,2-10,13-14H2,1H3,(H,19,20,21,22)/b12-11+. The van der Waals surface area contributed by atoms with Gasteiger partial charge in [-0.2, -0.15) is 0 Å². The lowest BCUT2D eigenvalue weighted by atomic mass is 9.99. The third kappa shape index (κ3) is 6.94. The van der Waals surface area contributed by atoms with Crippen molar-refractivity contribution in [2.75, 3.05) is 6.54 Å². The number of hydrogen-bond donors (Lipinski definition) is 2. The van der Waals surface area contributed by atoms with Crippen LogP contribution in [-0.2, 0) is 11.2 Å². The maximum atomic E-state index is 11.8.